The fraction of sp³-hybridized carbons (Fsp3) is 0. The Morgan fingerprint density at radius 3 is 2.32 bits per heavy atom. The van der Waals surface area contributed by atoms with Crippen LogP contribution in [0.15, 0.2) is 18.2 Å². The van der Waals surface area contributed by atoms with Crippen molar-refractivity contribution in [2.45, 2.75) is 0 Å². The van der Waals surface area contributed by atoms with E-state index in [4.69, 9.17) is 9.76 Å². The van der Waals surface area contributed by atoms with Gasteiger partial charge >= 0.3 is 10.3 Å². The van der Waals surface area contributed by atoms with Crippen LogP contribution in [0.3, 0.4) is 0 Å². The highest BCUT2D eigenvalue weighted by atomic mass is 32.2. The number of hydrogen-bond acceptors (Lipinski definition) is 6. The average Bonchev–Trinajstić information content (AvgIpc) is 2.52. The molecule has 3 amide bonds. The first-order valence-corrected chi connectivity index (χ1v) is 6.16. The van der Waals surface area contributed by atoms with Crippen molar-refractivity contribution in [1.29, 1.82) is 0 Å². The van der Waals surface area contributed by atoms with E-state index in [-0.39, 0.29) is 21.8 Å². The molecule has 0 saturated heterocycles. The minimum Gasteiger partial charge on any atom is -0.278 e. The van der Waals surface area contributed by atoms with E-state index in [1.54, 1.807) is 0 Å². The van der Waals surface area contributed by atoms with E-state index in [2.05, 4.69) is 0 Å². The number of rotatable bonds is 2. The molecule has 0 aromatic heterocycles. The van der Waals surface area contributed by atoms with E-state index in [0.29, 0.717) is 0 Å². The molecule has 0 radical (unpaired) electrons. The van der Waals surface area contributed by atoms with Gasteiger partial charge in [-0.15, -0.1) is 5.06 Å². The number of nitrogens with one attached hydrogen (secondary N) is 1. The van der Waals surface area contributed by atoms with Crippen LogP contribution in [0.5, 0.6) is 0 Å². The number of benzene rings is 1. The lowest BCUT2D eigenvalue weighted by Gasteiger charge is -2.02. The van der Waals surface area contributed by atoms with Gasteiger partial charge in [0.15, 0.2) is 0 Å². The lowest BCUT2D eigenvalue weighted by Crippen LogP contribution is -2.29. The molecule has 2 rings (SSSR count). The number of amides is 3. The molecular weight excluding hydrogens is 280 g/mol. The number of carbonyl (C=O) groups is 3. The first kappa shape index (κ1) is 13.1. The SMILES string of the molecule is O=C(NS(=O)(=O)O)c1ccc2c(c1)C(=O)N(O)C2=O. The number of carbonyl (C=O) groups excluding carboxylic acids is 3. The highest BCUT2D eigenvalue weighted by Crippen LogP contribution is 2.22. The van der Waals surface area contributed by atoms with E-state index in [0.717, 1.165) is 18.2 Å². The van der Waals surface area contributed by atoms with Crippen LogP contribution in [0.25, 0.3) is 0 Å². The van der Waals surface area contributed by atoms with Gasteiger partial charge in [0.05, 0.1) is 11.1 Å². The third-order valence-corrected chi connectivity index (χ3v) is 2.79. The van der Waals surface area contributed by atoms with Crippen LogP contribution >= 0.6 is 0 Å². The zero-order valence-corrected chi connectivity index (χ0v) is 9.84. The molecule has 9 nitrogen and oxygen atoms in total. The lowest BCUT2D eigenvalue weighted by atomic mass is 10.1. The van der Waals surface area contributed by atoms with Crippen molar-refractivity contribution in [1.82, 2.24) is 9.79 Å². The first-order chi connectivity index (χ1) is 8.70. The second-order valence-electron chi connectivity index (χ2n) is 3.59. The molecule has 0 fully saturated rings. The summed E-state index contributed by atoms with van der Waals surface area (Å²) in [5.74, 6) is -3.15. The Bertz CT molecular complexity index is 709. The summed E-state index contributed by atoms with van der Waals surface area (Å²) in [6.07, 6.45) is 0. The fourth-order valence-corrected chi connectivity index (χ4v) is 1.90. The Balaban J connectivity index is 2.41. The van der Waals surface area contributed by atoms with Gasteiger partial charge < -0.3 is 0 Å². The maximum Gasteiger partial charge on any atom is 0.359 e. The normalized spacial score (nSPS) is 14.5. The van der Waals surface area contributed by atoms with E-state index in [1.165, 1.54) is 4.72 Å². The number of fused-ring (bicyclic) bond motifs is 1. The summed E-state index contributed by atoms with van der Waals surface area (Å²) in [7, 11) is -4.73. The molecule has 3 N–H and O–H groups in total. The molecule has 0 saturated carbocycles. The van der Waals surface area contributed by atoms with Gasteiger partial charge in [-0.3, -0.25) is 24.1 Å². The number of nitrogens with zero attached hydrogens (tertiary/aromatic N) is 1. The van der Waals surface area contributed by atoms with E-state index >= 15 is 0 Å². The second-order valence-corrected chi connectivity index (χ2v) is 4.74. The molecule has 1 aromatic carbocycles. The fourth-order valence-electron chi connectivity index (χ4n) is 1.55. The van der Waals surface area contributed by atoms with Crippen LogP contribution in [0, 0.1) is 0 Å². The van der Waals surface area contributed by atoms with Gasteiger partial charge in [-0.1, -0.05) is 0 Å². The van der Waals surface area contributed by atoms with Gasteiger partial charge in [0.2, 0.25) is 0 Å². The summed E-state index contributed by atoms with van der Waals surface area (Å²) < 4.78 is 30.7. The molecule has 1 aromatic rings. The average molecular weight is 286 g/mol. The molecule has 1 aliphatic heterocycles. The third-order valence-electron chi connectivity index (χ3n) is 2.35. The number of hydroxylamine groups is 2. The topological polar surface area (TPSA) is 141 Å². The highest BCUT2D eigenvalue weighted by molar-refractivity contribution is 7.84. The molecule has 0 bridgehead atoms. The van der Waals surface area contributed by atoms with E-state index in [9.17, 15) is 22.8 Å². The minimum atomic E-state index is -4.73. The summed E-state index contributed by atoms with van der Waals surface area (Å²) in [5, 5.41) is 8.99. The maximum atomic E-state index is 11.4. The minimum absolute atomic E-state index is 0.115. The molecule has 100 valence electrons. The van der Waals surface area contributed by atoms with Crippen molar-refractivity contribution in [3.05, 3.63) is 34.9 Å². The Labute approximate surface area is 106 Å². The van der Waals surface area contributed by atoms with Gasteiger partial charge in [0.25, 0.3) is 17.7 Å². The first-order valence-electron chi connectivity index (χ1n) is 4.72. The Hall–Kier alpha value is -2.30. The molecule has 19 heavy (non-hydrogen) atoms. The maximum absolute atomic E-state index is 11.4. The lowest BCUT2D eigenvalue weighted by molar-refractivity contribution is -0.0327. The molecular formula is C9H6N2O7S. The molecule has 0 spiro atoms. The number of imide groups is 1. The monoisotopic (exact) mass is 286 g/mol. The molecule has 0 unspecified atom stereocenters. The van der Waals surface area contributed by atoms with Crippen LogP contribution in [0.1, 0.15) is 31.1 Å². The standard InChI is InChI=1S/C9H6N2O7S/c12-7(10-19(16,17)18)4-1-2-5-6(3-4)9(14)11(15)8(5)13/h1-3,15H,(H,10,12)(H,16,17,18). The molecule has 1 heterocycles. The van der Waals surface area contributed by atoms with Gasteiger partial charge in [-0.2, -0.15) is 8.42 Å². The molecule has 10 heteroatoms. The second kappa shape index (κ2) is 4.12. The van der Waals surface area contributed by atoms with Crippen molar-refractivity contribution in [2.75, 3.05) is 0 Å². The highest BCUT2D eigenvalue weighted by Gasteiger charge is 2.35. The summed E-state index contributed by atoms with van der Waals surface area (Å²) in [6, 6.07) is 3.10. The largest absolute Gasteiger partial charge is 0.359 e. The summed E-state index contributed by atoms with van der Waals surface area (Å²) in [6.45, 7) is 0. The van der Waals surface area contributed by atoms with Crippen molar-refractivity contribution >= 4 is 28.0 Å². The zero-order valence-electron chi connectivity index (χ0n) is 9.02. The predicted molar refractivity (Wildman–Crippen MR) is 57.7 cm³/mol. The summed E-state index contributed by atoms with van der Waals surface area (Å²) in [4.78, 5) is 34.2. The van der Waals surface area contributed by atoms with Crippen molar-refractivity contribution in [2.24, 2.45) is 0 Å². The third kappa shape index (κ3) is 2.31. The van der Waals surface area contributed by atoms with Gasteiger partial charge in [-0.05, 0) is 18.2 Å². The zero-order chi connectivity index (χ0) is 14.4. The Morgan fingerprint density at radius 1 is 1.16 bits per heavy atom. The van der Waals surface area contributed by atoms with Gasteiger partial charge in [0, 0.05) is 5.56 Å². The molecule has 0 atom stereocenters. The predicted octanol–water partition coefficient (Wildman–Crippen LogP) is -0.796. The Morgan fingerprint density at radius 2 is 1.74 bits per heavy atom. The van der Waals surface area contributed by atoms with Gasteiger partial charge in [-0.25, -0.2) is 4.72 Å². The Kier molecular flexibility index (Phi) is 2.85. The van der Waals surface area contributed by atoms with Crippen molar-refractivity contribution < 1.29 is 32.6 Å². The van der Waals surface area contributed by atoms with E-state index < -0.39 is 28.0 Å². The van der Waals surface area contributed by atoms with Crippen molar-refractivity contribution in [3.8, 4) is 0 Å². The quantitative estimate of drug-likeness (QED) is 0.367. The van der Waals surface area contributed by atoms with Crippen molar-refractivity contribution in [3.63, 3.8) is 0 Å². The number of hydrogen-bond donors (Lipinski definition) is 3. The van der Waals surface area contributed by atoms with E-state index in [1.807, 2.05) is 0 Å². The van der Waals surface area contributed by atoms with Crippen LogP contribution in [-0.2, 0) is 10.3 Å². The van der Waals surface area contributed by atoms with Crippen LogP contribution in [-0.4, -0.2) is 41.0 Å². The van der Waals surface area contributed by atoms with Crippen LogP contribution in [0.4, 0.5) is 0 Å². The van der Waals surface area contributed by atoms with Gasteiger partial charge in [0.1, 0.15) is 0 Å². The smallest absolute Gasteiger partial charge is 0.278 e. The summed E-state index contributed by atoms with van der Waals surface area (Å²) in [5.41, 5.74) is -0.626. The van der Waals surface area contributed by atoms with Crippen LogP contribution in [0.2, 0.25) is 0 Å². The summed E-state index contributed by atoms with van der Waals surface area (Å²) >= 11 is 0. The van der Waals surface area contributed by atoms with Crippen LogP contribution < -0.4 is 4.72 Å². The molecule has 0 aliphatic carbocycles. The molecule has 1 aliphatic rings.